The predicted octanol–water partition coefficient (Wildman–Crippen LogP) is 2.86. The van der Waals surface area contributed by atoms with Gasteiger partial charge in [0.1, 0.15) is 0 Å². The molecule has 100 valence electrons. The number of anilines is 2. The minimum absolute atomic E-state index is 0.502. The summed E-state index contributed by atoms with van der Waals surface area (Å²) < 4.78 is 0. The number of aromatic nitrogens is 2. The van der Waals surface area contributed by atoms with E-state index in [1.54, 1.807) is 6.20 Å². The first-order valence-corrected chi connectivity index (χ1v) is 6.53. The van der Waals surface area contributed by atoms with Crippen LogP contribution in [0.3, 0.4) is 0 Å². The molecule has 0 aliphatic rings. The third-order valence-corrected chi connectivity index (χ3v) is 3.35. The van der Waals surface area contributed by atoms with Crippen molar-refractivity contribution in [2.45, 2.75) is 6.54 Å². The average molecular weight is 264 g/mol. The third-order valence-electron chi connectivity index (χ3n) is 3.35. The number of para-hydroxylation sites is 3. The second-order valence-corrected chi connectivity index (χ2v) is 4.61. The van der Waals surface area contributed by atoms with Crippen molar-refractivity contribution in [1.82, 2.24) is 9.97 Å². The molecular formula is C16H16N4. The smallest absolute Gasteiger partial charge is 0.152 e. The van der Waals surface area contributed by atoms with Crippen LogP contribution in [0.4, 0.5) is 11.5 Å². The molecule has 0 radical (unpaired) electrons. The van der Waals surface area contributed by atoms with Crippen molar-refractivity contribution in [3.8, 4) is 0 Å². The van der Waals surface area contributed by atoms with Gasteiger partial charge in [0, 0.05) is 19.3 Å². The van der Waals surface area contributed by atoms with Gasteiger partial charge >= 0.3 is 0 Å². The summed E-state index contributed by atoms with van der Waals surface area (Å²) in [6, 6.07) is 15.9. The number of fused-ring (bicyclic) bond motifs is 1. The van der Waals surface area contributed by atoms with Gasteiger partial charge < -0.3 is 10.6 Å². The van der Waals surface area contributed by atoms with E-state index in [9.17, 15) is 0 Å². The lowest BCUT2D eigenvalue weighted by Gasteiger charge is -2.21. The Morgan fingerprint density at radius 2 is 1.70 bits per heavy atom. The standard InChI is InChI=1S/C16H16N4/c1-20(15-9-5-2-6-12(15)10-17)16-11-18-13-7-3-4-8-14(13)19-16/h2-9,11H,10,17H2,1H3. The van der Waals surface area contributed by atoms with Crippen LogP contribution in [-0.2, 0) is 6.54 Å². The molecular weight excluding hydrogens is 248 g/mol. The summed E-state index contributed by atoms with van der Waals surface area (Å²) >= 11 is 0. The molecule has 0 bridgehead atoms. The first-order chi connectivity index (χ1) is 9.79. The fourth-order valence-electron chi connectivity index (χ4n) is 2.24. The molecule has 0 saturated carbocycles. The Hall–Kier alpha value is -2.46. The summed E-state index contributed by atoms with van der Waals surface area (Å²) in [5.74, 6) is 0.810. The van der Waals surface area contributed by atoms with E-state index in [1.165, 1.54) is 0 Å². The van der Waals surface area contributed by atoms with Crippen LogP contribution < -0.4 is 10.6 Å². The van der Waals surface area contributed by atoms with E-state index in [4.69, 9.17) is 5.73 Å². The van der Waals surface area contributed by atoms with Gasteiger partial charge in [-0.3, -0.25) is 4.98 Å². The van der Waals surface area contributed by atoms with Gasteiger partial charge in [-0.1, -0.05) is 30.3 Å². The molecule has 0 spiro atoms. The van der Waals surface area contributed by atoms with Crippen molar-refractivity contribution in [3.05, 3.63) is 60.3 Å². The summed E-state index contributed by atoms with van der Waals surface area (Å²) in [6.45, 7) is 0.502. The number of nitrogens with two attached hydrogens (primary N) is 1. The van der Waals surface area contributed by atoms with E-state index in [0.29, 0.717) is 6.54 Å². The second kappa shape index (κ2) is 5.27. The van der Waals surface area contributed by atoms with Crippen LogP contribution in [0.1, 0.15) is 5.56 Å². The number of rotatable bonds is 3. The van der Waals surface area contributed by atoms with Crippen molar-refractivity contribution in [1.29, 1.82) is 0 Å². The zero-order valence-electron chi connectivity index (χ0n) is 11.3. The lowest BCUT2D eigenvalue weighted by Crippen LogP contribution is -2.14. The van der Waals surface area contributed by atoms with Crippen LogP contribution >= 0.6 is 0 Å². The highest BCUT2D eigenvalue weighted by Gasteiger charge is 2.10. The molecule has 3 rings (SSSR count). The van der Waals surface area contributed by atoms with Gasteiger partial charge in [0.25, 0.3) is 0 Å². The van der Waals surface area contributed by atoms with Crippen LogP contribution in [0.2, 0.25) is 0 Å². The van der Waals surface area contributed by atoms with E-state index in [0.717, 1.165) is 28.1 Å². The quantitative estimate of drug-likeness (QED) is 0.790. The summed E-state index contributed by atoms with van der Waals surface area (Å²) in [5.41, 5.74) is 9.73. The predicted molar refractivity (Wildman–Crippen MR) is 81.9 cm³/mol. The van der Waals surface area contributed by atoms with Crippen LogP contribution in [0.15, 0.2) is 54.7 Å². The largest absolute Gasteiger partial charge is 0.328 e. The molecule has 2 aromatic carbocycles. The highest BCUT2D eigenvalue weighted by molar-refractivity contribution is 5.76. The molecule has 0 aliphatic carbocycles. The summed E-state index contributed by atoms with van der Waals surface area (Å²) in [4.78, 5) is 11.1. The maximum atomic E-state index is 5.79. The SMILES string of the molecule is CN(c1cnc2ccccc2n1)c1ccccc1CN. The monoisotopic (exact) mass is 264 g/mol. The molecule has 0 saturated heterocycles. The molecule has 1 aromatic heterocycles. The Kier molecular flexibility index (Phi) is 3.31. The van der Waals surface area contributed by atoms with Crippen LogP contribution in [-0.4, -0.2) is 17.0 Å². The fraction of sp³-hybridized carbons (Fsp3) is 0.125. The molecule has 20 heavy (non-hydrogen) atoms. The van der Waals surface area contributed by atoms with Crippen LogP contribution in [0.5, 0.6) is 0 Å². The van der Waals surface area contributed by atoms with Gasteiger partial charge in [-0.25, -0.2) is 4.98 Å². The second-order valence-electron chi connectivity index (χ2n) is 4.61. The molecule has 0 unspecified atom stereocenters. The topological polar surface area (TPSA) is 55.0 Å². The van der Waals surface area contributed by atoms with Gasteiger partial charge in [0.2, 0.25) is 0 Å². The van der Waals surface area contributed by atoms with E-state index in [-0.39, 0.29) is 0 Å². The maximum Gasteiger partial charge on any atom is 0.152 e. The Morgan fingerprint density at radius 3 is 2.50 bits per heavy atom. The number of benzene rings is 2. The third kappa shape index (κ3) is 2.21. The van der Waals surface area contributed by atoms with E-state index >= 15 is 0 Å². The first-order valence-electron chi connectivity index (χ1n) is 6.53. The highest BCUT2D eigenvalue weighted by atomic mass is 15.2. The van der Waals surface area contributed by atoms with Crippen LogP contribution in [0, 0.1) is 0 Å². The van der Waals surface area contributed by atoms with Crippen molar-refractivity contribution in [2.75, 3.05) is 11.9 Å². The minimum Gasteiger partial charge on any atom is -0.328 e. The zero-order valence-corrected chi connectivity index (χ0v) is 11.3. The fourth-order valence-corrected chi connectivity index (χ4v) is 2.24. The maximum absolute atomic E-state index is 5.79. The lowest BCUT2D eigenvalue weighted by atomic mass is 10.1. The van der Waals surface area contributed by atoms with Gasteiger partial charge in [0.05, 0.1) is 17.2 Å². The molecule has 0 fully saturated rings. The summed E-state index contributed by atoms with van der Waals surface area (Å²) in [5, 5.41) is 0. The van der Waals surface area contributed by atoms with Gasteiger partial charge in [-0.15, -0.1) is 0 Å². The summed E-state index contributed by atoms with van der Waals surface area (Å²) in [7, 11) is 1.98. The molecule has 3 aromatic rings. The van der Waals surface area contributed by atoms with Gasteiger partial charge in [-0.05, 0) is 23.8 Å². The minimum atomic E-state index is 0.502. The molecule has 0 amide bonds. The van der Waals surface area contributed by atoms with E-state index < -0.39 is 0 Å². The molecule has 4 heteroatoms. The van der Waals surface area contributed by atoms with E-state index in [1.807, 2.05) is 60.5 Å². The molecule has 0 aliphatic heterocycles. The van der Waals surface area contributed by atoms with Gasteiger partial charge in [0.15, 0.2) is 5.82 Å². The van der Waals surface area contributed by atoms with Crippen LogP contribution in [0.25, 0.3) is 11.0 Å². The van der Waals surface area contributed by atoms with Gasteiger partial charge in [-0.2, -0.15) is 0 Å². The Balaban J connectivity index is 2.05. The molecule has 2 N–H and O–H groups in total. The number of nitrogens with zero attached hydrogens (tertiary/aromatic N) is 3. The Bertz CT molecular complexity index is 739. The molecule has 4 nitrogen and oxygen atoms in total. The summed E-state index contributed by atoms with van der Waals surface area (Å²) in [6.07, 6.45) is 1.79. The lowest BCUT2D eigenvalue weighted by molar-refractivity contribution is 1.03. The van der Waals surface area contributed by atoms with Crippen molar-refractivity contribution in [2.24, 2.45) is 5.73 Å². The number of hydrogen-bond acceptors (Lipinski definition) is 4. The number of hydrogen-bond donors (Lipinski definition) is 1. The first kappa shape index (κ1) is 12.6. The Labute approximate surface area is 117 Å². The van der Waals surface area contributed by atoms with E-state index in [2.05, 4.69) is 9.97 Å². The average Bonchev–Trinajstić information content (AvgIpc) is 2.53. The molecule has 1 heterocycles. The zero-order chi connectivity index (χ0) is 13.9. The van der Waals surface area contributed by atoms with Crippen molar-refractivity contribution in [3.63, 3.8) is 0 Å². The van der Waals surface area contributed by atoms with Crippen molar-refractivity contribution >= 4 is 22.5 Å². The Morgan fingerprint density at radius 1 is 1.00 bits per heavy atom. The van der Waals surface area contributed by atoms with Crippen molar-refractivity contribution < 1.29 is 0 Å². The highest BCUT2D eigenvalue weighted by Crippen LogP contribution is 2.25. The molecule has 0 atom stereocenters. The normalized spacial score (nSPS) is 10.7.